The summed E-state index contributed by atoms with van der Waals surface area (Å²) in [4.78, 5) is 15.9. The SMILES string of the molecule is CNc1cc(S(=O)(=O)CCCO)c2ccc3c(S(=O)(=O)CCCO)cc(S(=O)(=O)CCCO)c4ccc1c2c43.Nc1cc(S(=O)(=O)CCCO)c2ccc3c(S(=O)(=O)CCCO)cc(S(=O)(=O)CCCO)c4ccc1c2c43.Nc1cc(S(=O)(=O)CCCO)c2ccc3c(S(=O)(=O)CCCO)cc(S(=O)(=O)CCCOP(=O)(O)O)c4ccc1c2c34.O=POO.O=POO. The molecule has 0 saturated heterocycles. The average molecular weight is 2010 g/mol. The highest BCUT2D eigenvalue weighted by molar-refractivity contribution is 7.94. The predicted molar refractivity (Wildman–Crippen MR) is 476 cm³/mol. The topological polar surface area (TPSA) is 693 Å². The summed E-state index contributed by atoms with van der Waals surface area (Å²) in [7, 11) is -41.0. The van der Waals surface area contributed by atoms with Crippen molar-refractivity contribution >= 4 is 228 Å². The highest BCUT2D eigenvalue weighted by Crippen LogP contribution is 2.50. The number of benzene rings is 12. The molecule has 0 spiro atoms. The summed E-state index contributed by atoms with van der Waals surface area (Å²) >= 11 is 0. The molecule has 0 fully saturated rings. The van der Waals surface area contributed by atoms with E-state index in [1.54, 1.807) is 25.2 Å². The quantitative estimate of drug-likeness (QED) is 0.00465. The van der Waals surface area contributed by atoms with E-state index in [9.17, 15) is 116 Å². The second kappa shape index (κ2) is 43.7. The highest BCUT2D eigenvalue weighted by atomic mass is 32.2. The number of nitrogens with one attached hydrogen (secondary N) is 1. The molecular weight excluding hydrogens is 1910 g/mol. The van der Waals surface area contributed by atoms with Gasteiger partial charge >= 0.3 is 25.2 Å². The summed E-state index contributed by atoms with van der Waals surface area (Å²) in [5.41, 5.74) is 13.2. The number of sulfone groups is 9. The van der Waals surface area contributed by atoms with E-state index in [0.29, 0.717) is 43.4 Å². The lowest BCUT2D eigenvalue weighted by Gasteiger charge is -2.20. The Kier molecular flexibility index (Phi) is 36.1. The van der Waals surface area contributed by atoms with Crippen molar-refractivity contribution in [1.29, 1.82) is 0 Å². The van der Waals surface area contributed by atoms with Crippen LogP contribution in [0, 0.1) is 0 Å². The molecule has 0 bridgehead atoms. The minimum atomic E-state index is -4.84. The smallest absolute Gasteiger partial charge is 0.398 e. The van der Waals surface area contributed by atoms with Gasteiger partial charge in [0.1, 0.15) is 0 Å². The van der Waals surface area contributed by atoms with E-state index in [2.05, 4.69) is 19.2 Å². The van der Waals surface area contributed by atoms with Crippen LogP contribution in [-0.2, 0) is 116 Å². The van der Waals surface area contributed by atoms with Crippen LogP contribution in [-0.4, -0.2) is 255 Å². The third kappa shape index (κ3) is 23.5. The summed E-state index contributed by atoms with van der Waals surface area (Å²) < 4.78 is 279. The summed E-state index contributed by atoms with van der Waals surface area (Å²) in [5, 5.41) is 95.8. The maximum absolute atomic E-state index is 13.6. The van der Waals surface area contributed by atoms with Crippen LogP contribution in [0.3, 0.4) is 0 Å². The van der Waals surface area contributed by atoms with Gasteiger partial charge in [0, 0.05) is 174 Å². The molecule has 127 heavy (non-hydrogen) atoms. The summed E-state index contributed by atoms with van der Waals surface area (Å²) in [5.74, 6) is -3.84. The number of rotatable bonds is 41. The van der Waals surface area contributed by atoms with Crippen LogP contribution >= 0.6 is 25.2 Å². The van der Waals surface area contributed by atoms with Crippen molar-refractivity contribution in [1.82, 2.24) is 0 Å². The Morgan fingerprint density at radius 3 is 0.646 bits per heavy atom. The van der Waals surface area contributed by atoms with Crippen molar-refractivity contribution in [3.05, 3.63) is 109 Å². The first kappa shape index (κ1) is 105. The van der Waals surface area contributed by atoms with Gasteiger partial charge in [-0.15, -0.1) is 9.35 Å². The van der Waals surface area contributed by atoms with E-state index in [0.717, 1.165) is 18.2 Å². The van der Waals surface area contributed by atoms with Crippen LogP contribution < -0.4 is 16.8 Å². The Labute approximate surface area is 732 Å². The fourth-order valence-corrected chi connectivity index (χ4v) is 29.1. The molecule has 0 aliphatic heterocycles. The fourth-order valence-electron chi connectivity index (χ4n) is 14.7. The maximum Gasteiger partial charge on any atom is 0.469 e. The minimum absolute atomic E-state index is 0.00468. The number of nitrogens with two attached hydrogens (primary N) is 2. The lowest BCUT2D eigenvalue weighted by molar-refractivity contribution is -0.125. The van der Waals surface area contributed by atoms with Gasteiger partial charge in [0.2, 0.25) is 0 Å². The largest absolute Gasteiger partial charge is 0.469 e. The third-order valence-corrected chi connectivity index (χ3v) is 37.3. The molecule has 39 nitrogen and oxygen atoms in total. The lowest BCUT2D eigenvalue weighted by Crippen LogP contribution is -2.14. The van der Waals surface area contributed by atoms with Gasteiger partial charge in [-0.1, -0.05) is 72.8 Å². The zero-order valence-corrected chi connectivity index (χ0v) is 77.4. The van der Waals surface area contributed by atoms with Crippen molar-refractivity contribution in [2.24, 2.45) is 0 Å². The number of anilines is 3. The zero-order chi connectivity index (χ0) is 94.4. The van der Waals surface area contributed by atoms with Crippen LogP contribution in [0.4, 0.5) is 17.1 Å². The van der Waals surface area contributed by atoms with Crippen molar-refractivity contribution in [3.8, 4) is 0 Å². The van der Waals surface area contributed by atoms with Gasteiger partial charge in [-0.25, -0.2) is 100.0 Å². The van der Waals surface area contributed by atoms with Gasteiger partial charge < -0.3 is 67.4 Å². The van der Waals surface area contributed by atoms with E-state index in [4.69, 9.17) is 46.0 Å². The molecule has 17 N–H and O–H groups in total. The highest BCUT2D eigenvalue weighted by Gasteiger charge is 2.35. The van der Waals surface area contributed by atoms with Crippen LogP contribution in [0.2, 0.25) is 0 Å². The summed E-state index contributed by atoms with van der Waals surface area (Å²) in [6, 6.07) is 25.5. The molecule has 0 atom stereocenters. The Morgan fingerprint density at radius 2 is 0.457 bits per heavy atom. The molecule has 12 aromatic carbocycles. The molecule has 0 heterocycles. The molecule has 0 aromatic heterocycles. The molecular formula is C76H92N3O36P3S9. The second-order valence-corrected chi connectivity index (χ2v) is 49.0. The Balaban J connectivity index is 0.000000226. The molecule has 0 unspecified atom stereocenters. The van der Waals surface area contributed by atoms with Crippen LogP contribution in [0.1, 0.15) is 57.8 Å². The predicted octanol–water partition coefficient (Wildman–Crippen LogP) is 6.85. The van der Waals surface area contributed by atoms with E-state index in [1.165, 1.54) is 72.8 Å². The molecule has 696 valence electrons. The monoisotopic (exact) mass is 2000 g/mol. The Bertz CT molecular complexity index is 7090. The Hall–Kier alpha value is -7.46. The van der Waals surface area contributed by atoms with Gasteiger partial charge in [-0.2, -0.15) is 0 Å². The molecule has 0 saturated carbocycles. The Morgan fingerprint density at radius 1 is 0.291 bits per heavy atom. The first-order valence-corrected chi connectivity index (χ1v) is 56.0. The number of hydrogen-bond acceptors (Lipinski definition) is 37. The van der Waals surface area contributed by atoms with Gasteiger partial charge in [0.25, 0.3) is 0 Å². The molecule has 0 radical (unpaired) electrons. The van der Waals surface area contributed by atoms with Gasteiger partial charge in [-0.05, 0) is 94.2 Å². The molecule has 0 aliphatic rings. The first-order valence-electron chi connectivity index (χ1n) is 38.1. The fraction of sp³-hybridized carbons (Fsp3) is 0.368. The normalized spacial score (nSPS) is 13.0. The van der Waals surface area contributed by atoms with Gasteiger partial charge in [-0.3, -0.25) is 4.52 Å². The molecule has 0 aliphatic carbocycles. The van der Waals surface area contributed by atoms with Gasteiger partial charge in [0.05, 0.1) is 102 Å². The van der Waals surface area contributed by atoms with Crippen molar-refractivity contribution < 1.29 is 164 Å². The summed E-state index contributed by atoms with van der Waals surface area (Å²) in [6.45, 7) is -3.50. The van der Waals surface area contributed by atoms with Crippen LogP contribution in [0.5, 0.6) is 0 Å². The van der Waals surface area contributed by atoms with Crippen molar-refractivity contribution in [3.63, 3.8) is 0 Å². The van der Waals surface area contributed by atoms with E-state index >= 15 is 0 Å². The summed E-state index contributed by atoms with van der Waals surface area (Å²) in [6.07, 6.45) is -0.652. The van der Waals surface area contributed by atoms with Crippen LogP contribution in [0.25, 0.3) is 97.0 Å². The van der Waals surface area contributed by atoms with Crippen molar-refractivity contribution in [2.75, 3.05) is 135 Å². The third-order valence-electron chi connectivity index (χ3n) is 20.2. The standard InChI is InChI=1S/C26H31NO9S3.C25H30NO12PS3.C25H29NO9S3.2HO3P/c1-27-21-15-22(37(31,32)12-2-9-28)18-7-8-20-24(39(35,36)14-4-11-30)16-23(38(33,34)13-3-10-29)19-6-5-17(21)25(18)26(19)20;26-20-14-21(40(32,33)11-1-8-27)17-6-7-19-22(41(34,35)12-2-9-28)15-23(18-5-4-16(20)24(17)25(18)19)42(36,37)13-3-10-38-39(29,30)31;26-20-14-21(36(30,31)11-1-8-27)17-6-7-19-23(38(34,35)13-3-10-29)15-22(37(32,33)12-2-9-28)18-5-4-16(20)24(17)25(18)19;2*1-3-4-2/h5-8,15-16,27-30H,2-4,9-14H2,1H3;4-7,14-15,27-28H,1-3,8-13,26H2,(H2,29,30,31);4-7,14-15,27-29H,1-3,8-13,26H2;2*1H. The lowest BCUT2D eigenvalue weighted by atomic mass is 9.93. The number of aliphatic hydroxyl groups excluding tert-OH is 8. The molecule has 12 aromatic rings. The number of nitrogen functional groups attached to an aromatic ring is 2. The average Bonchev–Trinajstić information content (AvgIpc) is 0.713. The number of phosphoric ester groups is 1. The first-order chi connectivity index (χ1) is 59.7. The molecule has 51 heteroatoms. The number of hydrogen-bond donors (Lipinski definition) is 15. The van der Waals surface area contributed by atoms with Gasteiger partial charge in [0.15, 0.2) is 88.5 Å². The zero-order valence-electron chi connectivity index (χ0n) is 67.3. The molecule has 12 rings (SSSR count). The van der Waals surface area contributed by atoms with E-state index < -0.39 is 161 Å². The van der Waals surface area contributed by atoms with Crippen LogP contribution in [0.15, 0.2) is 153 Å². The van der Waals surface area contributed by atoms with E-state index in [-0.39, 0.29) is 236 Å². The number of aliphatic hydroxyl groups is 8. The second-order valence-electron chi connectivity index (χ2n) is 28.4. The van der Waals surface area contributed by atoms with E-state index in [1.807, 2.05) is 0 Å². The van der Waals surface area contributed by atoms with Crippen molar-refractivity contribution in [2.45, 2.75) is 102 Å². The molecule has 0 amide bonds. The maximum atomic E-state index is 13.6. The minimum Gasteiger partial charge on any atom is -0.398 e. The number of phosphoric acid groups is 1.